The van der Waals surface area contributed by atoms with E-state index in [1.54, 1.807) is 6.92 Å². The van der Waals surface area contributed by atoms with Crippen LogP contribution in [0.15, 0.2) is 28.7 Å². The minimum Gasteiger partial charge on any atom is -0.299 e. The summed E-state index contributed by atoms with van der Waals surface area (Å²) in [4.78, 5) is 2.32. The number of hydrogen-bond acceptors (Lipinski definition) is 1. The monoisotopic (exact) mass is 285 g/mol. The van der Waals surface area contributed by atoms with Gasteiger partial charge in [0.2, 0.25) is 0 Å². The summed E-state index contributed by atoms with van der Waals surface area (Å²) in [6.07, 6.45) is 1.31. The van der Waals surface area contributed by atoms with Gasteiger partial charge in [-0.15, -0.1) is 0 Å². The lowest BCUT2D eigenvalue weighted by molar-refractivity contribution is 0.0705. The first kappa shape index (κ1) is 12.1. The van der Waals surface area contributed by atoms with E-state index < -0.39 is 5.67 Å². The molecule has 3 heteroatoms. The van der Waals surface area contributed by atoms with Crippen molar-refractivity contribution in [1.29, 1.82) is 0 Å². The number of likely N-dealkylation sites (tertiary alicyclic amines) is 1. The Morgan fingerprint density at radius 3 is 2.38 bits per heavy atom. The zero-order valence-electron chi connectivity index (χ0n) is 9.55. The van der Waals surface area contributed by atoms with Crippen LogP contribution in [0.25, 0.3) is 0 Å². The molecule has 88 valence electrons. The molecule has 0 aromatic heterocycles. The average Bonchev–Trinajstić information content (AvgIpc) is 2.24. The highest BCUT2D eigenvalue weighted by atomic mass is 79.9. The molecule has 16 heavy (non-hydrogen) atoms. The van der Waals surface area contributed by atoms with Crippen molar-refractivity contribution in [2.45, 2.75) is 32.0 Å². The summed E-state index contributed by atoms with van der Waals surface area (Å²) in [6, 6.07) is 8.35. The zero-order chi connectivity index (χ0) is 11.6. The van der Waals surface area contributed by atoms with Crippen LogP contribution in [0.3, 0.4) is 0 Å². The van der Waals surface area contributed by atoms with Crippen molar-refractivity contribution in [3.8, 4) is 0 Å². The van der Waals surface area contributed by atoms with Gasteiger partial charge in [0.1, 0.15) is 5.67 Å². The van der Waals surface area contributed by atoms with Crippen LogP contribution in [0.4, 0.5) is 4.39 Å². The van der Waals surface area contributed by atoms with E-state index in [1.165, 1.54) is 5.56 Å². The minimum atomic E-state index is -0.948. The van der Waals surface area contributed by atoms with Crippen molar-refractivity contribution in [1.82, 2.24) is 4.90 Å². The Morgan fingerprint density at radius 1 is 1.25 bits per heavy atom. The van der Waals surface area contributed by atoms with Gasteiger partial charge in [-0.1, -0.05) is 28.1 Å². The third-order valence-corrected chi connectivity index (χ3v) is 3.75. The molecule has 0 aliphatic carbocycles. The summed E-state index contributed by atoms with van der Waals surface area (Å²) in [6.45, 7) is 4.37. The van der Waals surface area contributed by atoms with Gasteiger partial charge >= 0.3 is 0 Å². The lowest BCUT2D eigenvalue weighted by Crippen LogP contribution is -2.39. The van der Waals surface area contributed by atoms with Gasteiger partial charge in [0.05, 0.1) is 0 Å². The van der Waals surface area contributed by atoms with E-state index in [9.17, 15) is 4.39 Å². The highest BCUT2D eigenvalue weighted by Gasteiger charge is 2.29. The molecule has 0 amide bonds. The van der Waals surface area contributed by atoms with Crippen LogP contribution in [-0.4, -0.2) is 23.7 Å². The molecule has 0 atom stereocenters. The van der Waals surface area contributed by atoms with Gasteiger partial charge in [-0.3, -0.25) is 4.90 Å². The first-order valence-electron chi connectivity index (χ1n) is 5.71. The number of alkyl halides is 1. The van der Waals surface area contributed by atoms with Crippen LogP contribution in [0.1, 0.15) is 25.3 Å². The van der Waals surface area contributed by atoms with E-state index in [0.29, 0.717) is 12.8 Å². The summed E-state index contributed by atoms with van der Waals surface area (Å²) >= 11 is 3.42. The fraction of sp³-hybridized carbons (Fsp3) is 0.538. The molecule has 1 aliphatic heterocycles. The summed E-state index contributed by atoms with van der Waals surface area (Å²) in [5.41, 5.74) is 0.349. The van der Waals surface area contributed by atoms with Gasteiger partial charge in [0, 0.05) is 24.1 Å². The molecule has 0 radical (unpaired) electrons. The molecule has 1 nitrogen and oxygen atoms in total. The second-order valence-electron chi connectivity index (χ2n) is 4.82. The molecule has 0 spiro atoms. The van der Waals surface area contributed by atoms with E-state index in [1.807, 2.05) is 0 Å². The van der Waals surface area contributed by atoms with Gasteiger partial charge in [-0.2, -0.15) is 0 Å². The highest BCUT2D eigenvalue weighted by molar-refractivity contribution is 9.10. The first-order valence-corrected chi connectivity index (χ1v) is 6.50. The molecule has 1 aromatic rings. The number of piperidine rings is 1. The molecule has 1 heterocycles. The van der Waals surface area contributed by atoms with Crippen LogP contribution in [0.2, 0.25) is 0 Å². The molecule has 0 unspecified atom stereocenters. The van der Waals surface area contributed by atoms with E-state index in [2.05, 4.69) is 45.1 Å². The van der Waals surface area contributed by atoms with Crippen molar-refractivity contribution in [2.24, 2.45) is 0 Å². The molecule has 0 saturated carbocycles. The number of rotatable bonds is 2. The Labute approximate surface area is 105 Å². The number of benzene rings is 1. The fourth-order valence-electron chi connectivity index (χ4n) is 2.03. The number of halogens is 2. The quantitative estimate of drug-likeness (QED) is 0.800. The topological polar surface area (TPSA) is 3.24 Å². The Kier molecular flexibility index (Phi) is 3.65. The third kappa shape index (κ3) is 3.29. The standard InChI is InChI=1S/C13H17BrFN/c1-13(15)6-8-16(9-7-13)10-11-2-4-12(14)5-3-11/h2-5H,6-10H2,1H3. The zero-order valence-corrected chi connectivity index (χ0v) is 11.1. The largest absolute Gasteiger partial charge is 0.299 e. The summed E-state index contributed by atoms with van der Waals surface area (Å²) in [5.74, 6) is 0. The number of hydrogen-bond donors (Lipinski definition) is 0. The van der Waals surface area contributed by atoms with Crippen molar-refractivity contribution in [3.63, 3.8) is 0 Å². The minimum absolute atomic E-state index is 0.656. The SMILES string of the molecule is CC1(F)CCN(Cc2ccc(Br)cc2)CC1. The van der Waals surface area contributed by atoms with E-state index in [0.717, 1.165) is 24.1 Å². The van der Waals surface area contributed by atoms with Crippen molar-refractivity contribution in [3.05, 3.63) is 34.3 Å². The second kappa shape index (κ2) is 4.84. The van der Waals surface area contributed by atoms with Crippen LogP contribution < -0.4 is 0 Å². The predicted molar refractivity (Wildman–Crippen MR) is 68.2 cm³/mol. The first-order chi connectivity index (χ1) is 7.55. The van der Waals surface area contributed by atoms with Crippen LogP contribution in [0, 0.1) is 0 Å². The average molecular weight is 286 g/mol. The summed E-state index contributed by atoms with van der Waals surface area (Å²) < 4.78 is 14.7. The summed E-state index contributed by atoms with van der Waals surface area (Å²) in [5, 5.41) is 0. The molecular formula is C13H17BrFN. The Morgan fingerprint density at radius 2 is 1.81 bits per heavy atom. The molecule has 2 rings (SSSR count). The lowest BCUT2D eigenvalue weighted by atomic mass is 9.95. The van der Waals surface area contributed by atoms with Gasteiger partial charge in [-0.25, -0.2) is 4.39 Å². The van der Waals surface area contributed by atoms with Crippen LogP contribution >= 0.6 is 15.9 Å². The van der Waals surface area contributed by atoms with Gasteiger partial charge in [0.15, 0.2) is 0 Å². The molecule has 0 N–H and O–H groups in total. The highest BCUT2D eigenvalue weighted by Crippen LogP contribution is 2.26. The van der Waals surface area contributed by atoms with Crippen molar-refractivity contribution in [2.75, 3.05) is 13.1 Å². The molecule has 0 bridgehead atoms. The molecule has 1 saturated heterocycles. The lowest BCUT2D eigenvalue weighted by Gasteiger charge is -2.34. The van der Waals surface area contributed by atoms with Gasteiger partial charge in [0.25, 0.3) is 0 Å². The fourth-order valence-corrected chi connectivity index (χ4v) is 2.29. The van der Waals surface area contributed by atoms with Crippen molar-refractivity contribution < 1.29 is 4.39 Å². The number of nitrogens with zero attached hydrogens (tertiary/aromatic N) is 1. The van der Waals surface area contributed by atoms with E-state index >= 15 is 0 Å². The van der Waals surface area contributed by atoms with Crippen molar-refractivity contribution >= 4 is 15.9 Å². The predicted octanol–water partition coefficient (Wildman–Crippen LogP) is 3.77. The van der Waals surface area contributed by atoms with E-state index in [4.69, 9.17) is 0 Å². The second-order valence-corrected chi connectivity index (χ2v) is 5.73. The van der Waals surface area contributed by atoms with E-state index in [-0.39, 0.29) is 0 Å². The van der Waals surface area contributed by atoms with Gasteiger partial charge in [-0.05, 0) is 37.5 Å². The Bertz CT molecular complexity index is 337. The Hall–Kier alpha value is -0.410. The molecular weight excluding hydrogens is 269 g/mol. The smallest absolute Gasteiger partial charge is 0.110 e. The third-order valence-electron chi connectivity index (χ3n) is 3.22. The summed E-state index contributed by atoms with van der Waals surface area (Å²) in [7, 11) is 0. The maximum atomic E-state index is 13.6. The van der Waals surface area contributed by atoms with Crippen LogP contribution in [0.5, 0.6) is 0 Å². The Balaban J connectivity index is 1.89. The maximum Gasteiger partial charge on any atom is 0.110 e. The molecule has 1 aromatic carbocycles. The normalized spacial score (nSPS) is 20.9. The van der Waals surface area contributed by atoms with Gasteiger partial charge < -0.3 is 0 Å². The van der Waals surface area contributed by atoms with Crippen LogP contribution in [-0.2, 0) is 6.54 Å². The molecule has 1 fully saturated rings. The molecule has 1 aliphatic rings. The maximum absolute atomic E-state index is 13.6.